The van der Waals surface area contributed by atoms with E-state index in [1.807, 2.05) is 5.48 Å². The number of carbonyl (C=O) groups is 3. The summed E-state index contributed by atoms with van der Waals surface area (Å²) in [6.45, 7) is 2.65. The lowest BCUT2D eigenvalue weighted by Gasteiger charge is -2.33. The van der Waals surface area contributed by atoms with E-state index >= 15 is 0 Å². The number of amides is 3. The van der Waals surface area contributed by atoms with Crippen molar-refractivity contribution in [2.24, 2.45) is 0 Å². The van der Waals surface area contributed by atoms with E-state index < -0.39 is 18.6 Å². The second-order valence-corrected chi connectivity index (χ2v) is 3.58. The van der Waals surface area contributed by atoms with Crippen molar-refractivity contribution in [1.29, 1.82) is 0 Å². The van der Waals surface area contributed by atoms with Crippen molar-refractivity contribution in [2.45, 2.75) is 6.92 Å². The average molecular weight is 245 g/mol. The molecule has 0 atom stereocenters. The van der Waals surface area contributed by atoms with Crippen molar-refractivity contribution < 1.29 is 24.3 Å². The molecule has 8 nitrogen and oxygen atoms in total. The lowest BCUT2D eigenvalue weighted by atomic mass is 10.3. The standard InChI is InChI=1S/C9H15N3O5/c1-7(13)11-2-4-12(5-3-11)9(16)10-17-6-8(14)15/h2-6H2,1H3,(H,10,16)(H,14,15). The Hall–Kier alpha value is -1.83. The van der Waals surface area contributed by atoms with Gasteiger partial charge in [0.15, 0.2) is 6.61 Å². The second-order valence-electron chi connectivity index (χ2n) is 3.58. The summed E-state index contributed by atoms with van der Waals surface area (Å²) in [6.07, 6.45) is 0. The molecule has 2 N–H and O–H groups in total. The largest absolute Gasteiger partial charge is 0.479 e. The molecule has 1 fully saturated rings. The number of carbonyl (C=O) groups excluding carboxylic acids is 2. The number of carboxylic acid groups (broad SMARTS) is 1. The quantitative estimate of drug-likeness (QED) is 0.613. The smallest absolute Gasteiger partial charge is 0.341 e. The summed E-state index contributed by atoms with van der Waals surface area (Å²) >= 11 is 0. The first kappa shape index (κ1) is 13.2. The maximum atomic E-state index is 11.4. The Morgan fingerprint density at radius 1 is 1.18 bits per heavy atom. The van der Waals surface area contributed by atoms with E-state index in [1.54, 1.807) is 4.90 Å². The fraction of sp³-hybridized carbons (Fsp3) is 0.667. The number of hydrogen-bond acceptors (Lipinski definition) is 4. The van der Waals surface area contributed by atoms with Gasteiger partial charge >= 0.3 is 12.0 Å². The SMILES string of the molecule is CC(=O)N1CCN(C(=O)NOCC(=O)O)CC1. The van der Waals surface area contributed by atoms with Gasteiger partial charge in [0.2, 0.25) is 5.91 Å². The third-order valence-corrected chi connectivity index (χ3v) is 2.37. The highest BCUT2D eigenvalue weighted by Gasteiger charge is 2.22. The molecule has 0 aromatic carbocycles. The molecule has 0 aliphatic carbocycles. The Labute approximate surface area is 98.1 Å². The zero-order valence-electron chi connectivity index (χ0n) is 9.51. The summed E-state index contributed by atoms with van der Waals surface area (Å²) < 4.78 is 0. The lowest BCUT2D eigenvalue weighted by molar-refractivity contribution is -0.144. The van der Waals surface area contributed by atoms with Gasteiger partial charge in [-0.05, 0) is 0 Å². The number of carboxylic acids is 1. The zero-order valence-corrected chi connectivity index (χ0v) is 9.51. The normalized spacial score (nSPS) is 15.6. The number of hydroxylamine groups is 1. The fourth-order valence-corrected chi connectivity index (χ4v) is 1.45. The molecule has 96 valence electrons. The molecule has 0 bridgehead atoms. The van der Waals surface area contributed by atoms with E-state index in [1.165, 1.54) is 11.8 Å². The van der Waals surface area contributed by atoms with Gasteiger partial charge in [-0.1, -0.05) is 0 Å². The number of nitrogens with one attached hydrogen (secondary N) is 1. The molecular formula is C9H15N3O5. The molecule has 1 saturated heterocycles. The van der Waals surface area contributed by atoms with E-state index in [0.29, 0.717) is 26.2 Å². The van der Waals surface area contributed by atoms with Crippen LogP contribution in [-0.4, -0.2) is 65.6 Å². The minimum atomic E-state index is -1.16. The van der Waals surface area contributed by atoms with Crippen LogP contribution in [0.25, 0.3) is 0 Å². The van der Waals surface area contributed by atoms with Crippen LogP contribution in [0.4, 0.5) is 4.79 Å². The van der Waals surface area contributed by atoms with E-state index in [2.05, 4.69) is 4.84 Å². The van der Waals surface area contributed by atoms with Crippen LogP contribution in [0.1, 0.15) is 6.92 Å². The van der Waals surface area contributed by atoms with Crippen molar-refractivity contribution in [3.05, 3.63) is 0 Å². The lowest BCUT2D eigenvalue weighted by Crippen LogP contribution is -2.52. The van der Waals surface area contributed by atoms with Gasteiger partial charge in [-0.2, -0.15) is 0 Å². The van der Waals surface area contributed by atoms with Crippen molar-refractivity contribution >= 4 is 17.9 Å². The summed E-state index contributed by atoms with van der Waals surface area (Å²) in [6, 6.07) is -0.491. The molecule has 17 heavy (non-hydrogen) atoms. The first-order valence-electron chi connectivity index (χ1n) is 5.14. The van der Waals surface area contributed by atoms with Crippen LogP contribution < -0.4 is 5.48 Å². The van der Waals surface area contributed by atoms with Gasteiger partial charge in [0.05, 0.1) is 0 Å². The van der Waals surface area contributed by atoms with Crippen LogP contribution in [-0.2, 0) is 14.4 Å². The highest BCUT2D eigenvalue weighted by Crippen LogP contribution is 2.01. The summed E-state index contributed by atoms with van der Waals surface area (Å²) in [5, 5.41) is 8.30. The number of aliphatic carboxylic acids is 1. The highest BCUT2D eigenvalue weighted by molar-refractivity contribution is 5.75. The predicted molar refractivity (Wildman–Crippen MR) is 55.9 cm³/mol. The monoisotopic (exact) mass is 245 g/mol. The predicted octanol–water partition coefficient (Wildman–Crippen LogP) is -1.12. The fourth-order valence-electron chi connectivity index (χ4n) is 1.45. The molecule has 0 aromatic heterocycles. The maximum absolute atomic E-state index is 11.4. The zero-order chi connectivity index (χ0) is 12.8. The van der Waals surface area contributed by atoms with Crippen molar-refractivity contribution in [3.8, 4) is 0 Å². The number of rotatable bonds is 3. The van der Waals surface area contributed by atoms with Crippen LogP contribution in [0.15, 0.2) is 0 Å². The van der Waals surface area contributed by atoms with E-state index in [-0.39, 0.29) is 5.91 Å². The van der Waals surface area contributed by atoms with Crippen molar-refractivity contribution in [3.63, 3.8) is 0 Å². The molecule has 3 amide bonds. The van der Waals surface area contributed by atoms with Crippen LogP contribution in [0.5, 0.6) is 0 Å². The summed E-state index contributed by atoms with van der Waals surface area (Å²) in [5.41, 5.74) is 2.03. The summed E-state index contributed by atoms with van der Waals surface area (Å²) in [7, 11) is 0. The Balaban J connectivity index is 2.26. The van der Waals surface area contributed by atoms with Gasteiger partial charge in [-0.15, -0.1) is 0 Å². The molecule has 1 aliphatic heterocycles. The molecule has 1 heterocycles. The van der Waals surface area contributed by atoms with Crippen LogP contribution in [0, 0.1) is 0 Å². The summed E-state index contributed by atoms with van der Waals surface area (Å²) in [4.78, 5) is 40.2. The van der Waals surface area contributed by atoms with Gasteiger partial charge in [0.1, 0.15) is 0 Å². The highest BCUT2D eigenvalue weighted by atomic mass is 16.7. The van der Waals surface area contributed by atoms with E-state index in [4.69, 9.17) is 5.11 Å². The number of piperazine rings is 1. The third-order valence-electron chi connectivity index (χ3n) is 2.37. The minimum absolute atomic E-state index is 0.0211. The first-order chi connectivity index (χ1) is 8.00. The maximum Gasteiger partial charge on any atom is 0.341 e. The van der Waals surface area contributed by atoms with E-state index in [0.717, 1.165) is 0 Å². The van der Waals surface area contributed by atoms with Gasteiger partial charge in [-0.25, -0.2) is 15.1 Å². The average Bonchev–Trinajstić information content (AvgIpc) is 2.28. The third kappa shape index (κ3) is 4.27. The molecule has 0 unspecified atom stereocenters. The van der Waals surface area contributed by atoms with Crippen LogP contribution in [0.2, 0.25) is 0 Å². The molecule has 1 aliphatic rings. The molecule has 1 rings (SSSR count). The van der Waals surface area contributed by atoms with Crippen LogP contribution in [0.3, 0.4) is 0 Å². The topological polar surface area (TPSA) is 99.2 Å². The Morgan fingerprint density at radius 2 is 1.71 bits per heavy atom. The second kappa shape index (κ2) is 6.04. The molecule has 0 aromatic rings. The molecular weight excluding hydrogens is 230 g/mol. The Kier molecular flexibility index (Phi) is 4.70. The first-order valence-corrected chi connectivity index (χ1v) is 5.14. The molecule has 8 heteroatoms. The number of hydrogen-bond donors (Lipinski definition) is 2. The van der Waals surface area contributed by atoms with Gasteiger partial charge in [-0.3, -0.25) is 9.63 Å². The number of nitrogens with zero attached hydrogens (tertiary/aromatic N) is 2. The van der Waals surface area contributed by atoms with E-state index in [9.17, 15) is 14.4 Å². The van der Waals surface area contributed by atoms with Crippen LogP contribution >= 0.6 is 0 Å². The minimum Gasteiger partial charge on any atom is -0.479 e. The summed E-state index contributed by atoms with van der Waals surface area (Å²) in [5.74, 6) is -1.18. The van der Waals surface area contributed by atoms with Gasteiger partial charge < -0.3 is 14.9 Å². The molecule has 0 spiro atoms. The van der Waals surface area contributed by atoms with Gasteiger partial charge in [0.25, 0.3) is 0 Å². The van der Waals surface area contributed by atoms with Crippen molar-refractivity contribution in [2.75, 3.05) is 32.8 Å². The molecule has 0 saturated carbocycles. The Morgan fingerprint density at radius 3 is 2.18 bits per heavy atom. The van der Waals surface area contributed by atoms with Gasteiger partial charge in [0, 0.05) is 33.1 Å². The Bertz CT molecular complexity index is 312. The molecule has 0 radical (unpaired) electrons. The van der Waals surface area contributed by atoms with Crippen molar-refractivity contribution in [1.82, 2.24) is 15.3 Å². The number of urea groups is 1.